The molecule has 6 heteroatoms. The standard InChI is InChI=1S/C18H19NO3SSe/c1-3-4-14-19(18(20)24-17-8-6-5-7-9-17)23(21,22)16-12-10-15(2)11-13-16/h3,5-13H,1,4,14H2,2H3. The van der Waals surface area contributed by atoms with E-state index >= 15 is 0 Å². The number of hydrogen-bond donors (Lipinski definition) is 0. The average Bonchev–Trinajstić information content (AvgIpc) is 2.56. The first kappa shape index (κ1) is 18.5. The van der Waals surface area contributed by atoms with Crippen molar-refractivity contribution in [1.29, 1.82) is 0 Å². The van der Waals surface area contributed by atoms with Gasteiger partial charge in [0.25, 0.3) is 0 Å². The van der Waals surface area contributed by atoms with Gasteiger partial charge in [0.1, 0.15) is 0 Å². The molecule has 126 valence electrons. The molecule has 0 saturated carbocycles. The fraction of sp³-hybridized carbons (Fsp3) is 0.167. The first-order valence-corrected chi connectivity index (χ1v) is 10.6. The molecule has 0 aliphatic carbocycles. The van der Waals surface area contributed by atoms with Gasteiger partial charge in [0.05, 0.1) is 0 Å². The van der Waals surface area contributed by atoms with Crippen LogP contribution in [0.5, 0.6) is 0 Å². The second kappa shape index (κ2) is 8.29. The normalized spacial score (nSPS) is 11.0. The second-order valence-electron chi connectivity index (χ2n) is 5.15. The van der Waals surface area contributed by atoms with Crippen LogP contribution in [-0.4, -0.2) is 39.0 Å². The summed E-state index contributed by atoms with van der Waals surface area (Å²) >= 11 is -0.597. The van der Waals surface area contributed by atoms with Crippen LogP contribution in [0.25, 0.3) is 0 Å². The quantitative estimate of drug-likeness (QED) is 0.523. The Labute approximate surface area is 149 Å². The minimum absolute atomic E-state index is 0.104. The molecule has 2 rings (SSSR count). The SMILES string of the molecule is C=CCCN(C(=O)[Se]c1ccccc1)S(=O)(=O)c1ccc(C)cc1. The molecule has 24 heavy (non-hydrogen) atoms. The van der Waals surface area contributed by atoms with Gasteiger partial charge in [0.2, 0.25) is 0 Å². The van der Waals surface area contributed by atoms with Crippen LogP contribution in [-0.2, 0) is 10.0 Å². The molecule has 0 aliphatic heterocycles. The molecular formula is C18H19NO3SSe. The van der Waals surface area contributed by atoms with E-state index < -0.39 is 25.0 Å². The van der Waals surface area contributed by atoms with E-state index in [0.29, 0.717) is 6.42 Å². The Morgan fingerprint density at radius 3 is 2.33 bits per heavy atom. The van der Waals surface area contributed by atoms with Crippen molar-refractivity contribution in [3.8, 4) is 0 Å². The third kappa shape index (κ3) is 4.57. The first-order chi connectivity index (χ1) is 11.4. The van der Waals surface area contributed by atoms with E-state index in [0.717, 1.165) is 14.3 Å². The number of benzene rings is 2. The molecule has 4 nitrogen and oxygen atoms in total. The van der Waals surface area contributed by atoms with Crippen LogP contribution in [0.1, 0.15) is 12.0 Å². The number of carbonyl (C=O) groups excluding carboxylic acids is 1. The van der Waals surface area contributed by atoms with Gasteiger partial charge in [-0.2, -0.15) is 0 Å². The fourth-order valence-corrected chi connectivity index (χ4v) is 5.53. The summed E-state index contributed by atoms with van der Waals surface area (Å²) in [5.74, 6) is 0. The van der Waals surface area contributed by atoms with Crippen molar-refractivity contribution in [3.05, 3.63) is 72.8 Å². The van der Waals surface area contributed by atoms with E-state index in [1.165, 1.54) is 12.1 Å². The number of nitrogens with zero attached hydrogens (tertiary/aromatic N) is 1. The molecular weight excluding hydrogens is 389 g/mol. The zero-order valence-electron chi connectivity index (χ0n) is 13.4. The Morgan fingerprint density at radius 2 is 1.75 bits per heavy atom. The minimum atomic E-state index is -3.86. The summed E-state index contributed by atoms with van der Waals surface area (Å²) < 4.78 is 27.5. The number of sulfonamides is 1. The Balaban J connectivity index is 2.31. The van der Waals surface area contributed by atoms with Crippen LogP contribution in [0, 0.1) is 6.92 Å². The van der Waals surface area contributed by atoms with Gasteiger partial charge >= 0.3 is 149 Å². The summed E-state index contributed by atoms with van der Waals surface area (Å²) in [7, 11) is -3.86. The Bertz CT molecular complexity index is 802. The van der Waals surface area contributed by atoms with Gasteiger partial charge in [-0.15, -0.1) is 0 Å². The van der Waals surface area contributed by atoms with E-state index in [-0.39, 0.29) is 16.2 Å². The van der Waals surface area contributed by atoms with Crippen LogP contribution in [0.15, 0.2) is 72.1 Å². The van der Waals surface area contributed by atoms with Crippen LogP contribution < -0.4 is 4.46 Å². The third-order valence-corrected chi connectivity index (χ3v) is 7.25. The maximum atomic E-state index is 12.9. The van der Waals surface area contributed by atoms with Gasteiger partial charge in [0, 0.05) is 0 Å². The number of amides is 1. The molecule has 0 saturated heterocycles. The summed E-state index contributed by atoms with van der Waals surface area (Å²) in [4.78, 5) is 12.4. The molecule has 0 heterocycles. The van der Waals surface area contributed by atoms with Gasteiger partial charge in [-0.05, 0) is 0 Å². The fourth-order valence-electron chi connectivity index (χ4n) is 2.00. The Morgan fingerprint density at radius 1 is 1.12 bits per heavy atom. The van der Waals surface area contributed by atoms with Gasteiger partial charge in [-0.3, -0.25) is 0 Å². The van der Waals surface area contributed by atoms with Crippen LogP contribution >= 0.6 is 0 Å². The molecule has 0 aliphatic rings. The van der Waals surface area contributed by atoms with E-state index in [1.807, 2.05) is 37.3 Å². The van der Waals surface area contributed by atoms with E-state index in [2.05, 4.69) is 6.58 Å². The molecule has 0 fully saturated rings. The number of carbonyl (C=O) groups is 1. The predicted molar refractivity (Wildman–Crippen MR) is 97.1 cm³/mol. The van der Waals surface area contributed by atoms with E-state index in [4.69, 9.17) is 0 Å². The predicted octanol–water partition coefficient (Wildman–Crippen LogP) is 2.71. The summed E-state index contributed by atoms with van der Waals surface area (Å²) in [6.07, 6.45) is 2.03. The van der Waals surface area contributed by atoms with Gasteiger partial charge < -0.3 is 0 Å². The number of aryl methyl sites for hydroxylation is 1. The molecule has 0 spiro atoms. The van der Waals surface area contributed by atoms with Crippen molar-refractivity contribution in [3.63, 3.8) is 0 Å². The van der Waals surface area contributed by atoms with Crippen molar-refractivity contribution in [1.82, 2.24) is 4.31 Å². The van der Waals surface area contributed by atoms with Crippen LogP contribution in [0.4, 0.5) is 4.79 Å². The maximum absolute atomic E-state index is 12.9. The molecule has 0 radical (unpaired) electrons. The van der Waals surface area contributed by atoms with Crippen molar-refractivity contribution >= 4 is 34.2 Å². The topological polar surface area (TPSA) is 54.5 Å². The summed E-state index contributed by atoms with van der Waals surface area (Å²) in [5, 5.41) is 0. The monoisotopic (exact) mass is 409 g/mol. The molecule has 1 amide bonds. The Hall–Kier alpha value is -1.88. The summed E-state index contributed by atoms with van der Waals surface area (Å²) in [5.41, 5.74) is 0.964. The van der Waals surface area contributed by atoms with Gasteiger partial charge in [-0.1, -0.05) is 0 Å². The van der Waals surface area contributed by atoms with Crippen molar-refractivity contribution in [2.75, 3.05) is 6.54 Å². The number of hydrogen-bond acceptors (Lipinski definition) is 3. The molecule has 2 aromatic rings. The molecule has 0 atom stereocenters. The molecule has 0 N–H and O–H groups in total. The summed E-state index contributed by atoms with van der Waals surface area (Å²) in [6.45, 7) is 5.60. The Kier molecular flexibility index (Phi) is 6.37. The second-order valence-corrected chi connectivity index (χ2v) is 9.16. The summed E-state index contributed by atoms with van der Waals surface area (Å²) in [6, 6.07) is 15.7. The zero-order valence-corrected chi connectivity index (χ0v) is 15.9. The van der Waals surface area contributed by atoms with Crippen LogP contribution in [0.2, 0.25) is 0 Å². The van der Waals surface area contributed by atoms with E-state index in [9.17, 15) is 13.2 Å². The van der Waals surface area contributed by atoms with Crippen LogP contribution in [0.3, 0.4) is 0 Å². The molecule has 0 bridgehead atoms. The molecule has 0 aromatic heterocycles. The average molecular weight is 408 g/mol. The third-order valence-electron chi connectivity index (χ3n) is 3.30. The van der Waals surface area contributed by atoms with E-state index in [1.54, 1.807) is 18.2 Å². The zero-order chi connectivity index (χ0) is 17.6. The van der Waals surface area contributed by atoms with Crippen molar-refractivity contribution in [2.24, 2.45) is 0 Å². The van der Waals surface area contributed by atoms with Crippen molar-refractivity contribution in [2.45, 2.75) is 18.2 Å². The van der Waals surface area contributed by atoms with Gasteiger partial charge in [-0.25, -0.2) is 0 Å². The first-order valence-electron chi connectivity index (χ1n) is 7.42. The van der Waals surface area contributed by atoms with Crippen molar-refractivity contribution < 1.29 is 13.2 Å². The molecule has 0 unspecified atom stereocenters. The number of rotatable bonds is 7. The van der Waals surface area contributed by atoms with Gasteiger partial charge in [0.15, 0.2) is 0 Å². The molecule has 2 aromatic carbocycles.